The molecule has 0 saturated carbocycles. The molecule has 152 valence electrons. The van der Waals surface area contributed by atoms with Gasteiger partial charge in [-0.25, -0.2) is 4.98 Å². The number of aliphatic imine (C=N–C) groups is 1. The maximum absolute atomic E-state index is 4.62. The van der Waals surface area contributed by atoms with Crippen LogP contribution in [0.4, 0.5) is 5.13 Å². The Bertz CT molecular complexity index is 757. The van der Waals surface area contributed by atoms with Crippen LogP contribution in [-0.2, 0) is 13.1 Å². The van der Waals surface area contributed by atoms with Crippen LogP contribution in [0.15, 0.2) is 40.7 Å². The van der Waals surface area contributed by atoms with Crippen molar-refractivity contribution in [3.05, 3.63) is 47.0 Å². The average Bonchev–Trinajstić information content (AvgIpc) is 3.17. The summed E-state index contributed by atoms with van der Waals surface area (Å²) in [5.41, 5.74) is 2.43. The van der Waals surface area contributed by atoms with Crippen molar-refractivity contribution in [2.24, 2.45) is 4.99 Å². The zero-order valence-corrected chi connectivity index (χ0v) is 18.2. The number of thiazole rings is 1. The van der Waals surface area contributed by atoms with E-state index in [4.69, 9.17) is 0 Å². The summed E-state index contributed by atoms with van der Waals surface area (Å²) >= 11 is 1.66. The van der Waals surface area contributed by atoms with Gasteiger partial charge in [-0.2, -0.15) is 0 Å². The summed E-state index contributed by atoms with van der Waals surface area (Å²) in [7, 11) is 5.86. The summed E-state index contributed by atoms with van der Waals surface area (Å²) in [5, 5.41) is 10.1. The van der Waals surface area contributed by atoms with E-state index in [1.165, 1.54) is 5.56 Å². The predicted octanol–water partition coefficient (Wildman–Crippen LogP) is 2.93. The number of hydrogen-bond donors (Lipinski definition) is 2. The summed E-state index contributed by atoms with van der Waals surface area (Å²) in [5.74, 6) is 0.855. The van der Waals surface area contributed by atoms with E-state index < -0.39 is 0 Å². The molecule has 1 saturated heterocycles. The first-order valence-corrected chi connectivity index (χ1v) is 10.8. The van der Waals surface area contributed by atoms with E-state index in [0.29, 0.717) is 18.6 Å². The molecular formula is C21H32N6S. The standard InChI is InChI=1S/C21H32N6S/c1-16-12-18(10-11-27(16)14-17-8-6-5-7-9-17)24-20(22-2)23-13-19-15-28-21(25-19)26(3)4/h5-9,15-16,18H,10-14H2,1-4H3,(H2,22,23,24). The van der Waals surface area contributed by atoms with Gasteiger partial charge in [0.1, 0.15) is 0 Å². The number of rotatable bonds is 6. The lowest BCUT2D eigenvalue weighted by Crippen LogP contribution is -2.51. The summed E-state index contributed by atoms with van der Waals surface area (Å²) in [6.45, 7) is 5.14. The van der Waals surface area contributed by atoms with Gasteiger partial charge in [0, 0.05) is 51.7 Å². The van der Waals surface area contributed by atoms with Crippen molar-refractivity contribution in [1.29, 1.82) is 0 Å². The summed E-state index contributed by atoms with van der Waals surface area (Å²) in [6, 6.07) is 11.7. The van der Waals surface area contributed by atoms with Gasteiger partial charge >= 0.3 is 0 Å². The monoisotopic (exact) mass is 400 g/mol. The van der Waals surface area contributed by atoms with Gasteiger partial charge in [0.15, 0.2) is 11.1 Å². The molecule has 0 spiro atoms. The highest BCUT2D eigenvalue weighted by Gasteiger charge is 2.26. The maximum Gasteiger partial charge on any atom is 0.191 e. The maximum atomic E-state index is 4.62. The minimum Gasteiger partial charge on any atom is -0.354 e. The first-order chi connectivity index (χ1) is 13.5. The number of likely N-dealkylation sites (tertiary alicyclic amines) is 1. The highest BCUT2D eigenvalue weighted by atomic mass is 32.1. The van der Waals surface area contributed by atoms with Gasteiger partial charge in [-0.05, 0) is 25.3 Å². The van der Waals surface area contributed by atoms with Crippen molar-refractivity contribution in [2.45, 2.75) is 44.9 Å². The second kappa shape index (κ2) is 9.89. The SMILES string of the molecule is CN=C(NCc1csc(N(C)C)n1)NC1CCN(Cc2ccccc2)C(C)C1. The third-order valence-electron chi connectivity index (χ3n) is 5.17. The van der Waals surface area contributed by atoms with Gasteiger partial charge < -0.3 is 15.5 Å². The molecule has 1 aromatic heterocycles. The number of nitrogens with one attached hydrogen (secondary N) is 2. The van der Waals surface area contributed by atoms with Gasteiger partial charge in [0.05, 0.1) is 12.2 Å². The number of piperidine rings is 1. The van der Waals surface area contributed by atoms with Crippen LogP contribution in [0.3, 0.4) is 0 Å². The first kappa shape index (κ1) is 20.6. The lowest BCUT2D eigenvalue weighted by Gasteiger charge is -2.38. The zero-order chi connectivity index (χ0) is 19.9. The van der Waals surface area contributed by atoms with Gasteiger partial charge in [-0.3, -0.25) is 9.89 Å². The molecule has 1 aromatic carbocycles. The van der Waals surface area contributed by atoms with Gasteiger partial charge in [-0.15, -0.1) is 11.3 Å². The van der Waals surface area contributed by atoms with Crippen LogP contribution >= 0.6 is 11.3 Å². The molecule has 2 N–H and O–H groups in total. The average molecular weight is 401 g/mol. The molecule has 28 heavy (non-hydrogen) atoms. The zero-order valence-electron chi connectivity index (χ0n) is 17.4. The van der Waals surface area contributed by atoms with Crippen molar-refractivity contribution in [3.63, 3.8) is 0 Å². The number of benzene rings is 1. The normalized spacial score (nSPS) is 20.8. The second-order valence-electron chi connectivity index (χ2n) is 7.61. The van der Waals surface area contributed by atoms with Crippen LogP contribution in [0.2, 0.25) is 0 Å². The van der Waals surface area contributed by atoms with E-state index in [1.54, 1.807) is 11.3 Å². The number of nitrogens with zero attached hydrogens (tertiary/aromatic N) is 4. The third kappa shape index (κ3) is 5.69. The molecule has 2 heterocycles. The fourth-order valence-corrected chi connectivity index (χ4v) is 4.31. The Labute approximate surface area is 172 Å². The highest BCUT2D eigenvalue weighted by Crippen LogP contribution is 2.20. The van der Waals surface area contributed by atoms with Crippen LogP contribution in [0.25, 0.3) is 0 Å². The topological polar surface area (TPSA) is 55.8 Å². The minimum absolute atomic E-state index is 0.445. The molecule has 3 rings (SSSR count). The van der Waals surface area contributed by atoms with Crippen molar-refractivity contribution in [1.82, 2.24) is 20.5 Å². The predicted molar refractivity (Wildman–Crippen MR) is 119 cm³/mol. The Kier molecular flexibility index (Phi) is 7.28. The van der Waals surface area contributed by atoms with Crippen molar-refractivity contribution < 1.29 is 0 Å². The van der Waals surface area contributed by atoms with E-state index in [0.717, 1.165) is 42.7 Å². The molecule has 2 unspecified atom stereocenters. The quantitative estimate of drug-likeness (QED) is 0.577. The van der Waals surface area contributed by atoms with Crippen LogP contribution in [-0.4, -0.2) is 55.6 Å². The van der Waals surface area contributed by atoms with Gasteiger partial charge in [0.25, 0.3) is 0 Å². The fourth-order valence-electron chi connectivity index (χ4n) is 3.55. The smallest absolute Gasteiger partial charge is 0.191 e. The summed E-state index contributed by atoms with van der Waals surface area (Å²) in [4.78, 5) is 13.6. The molecule has 7 heteroatoms. The van der Waals surface area contributed by atoms with Crippen LogP contribution < -0.4 is 15.5 Å². The Balaban J connectivity index is 1.46. The number of guanidine groups is 1. The van der Waals surface area contributed by atoms with E-state index >= 15 is 0 Å². The number of hydrogen-bond acceptors (Lipinski definition) is 5. The van der Waals surface area contributed by atoms with Crippen molar-refractivity contribution in [3.8, 4) is 0 Å². The lowest BCUT2D eigenvalue weighted by atomic mass is 9.97. The fraction of sp³-hybridized carbons (Fsp3) is 0.524. The molecule has 0 aliphatic carbocycles. The lowest BCUT2D eigenvalue weighted by molar-refractivity contribution is 0.134. The molecule has 0 radical (unpaired) electrons. The first-order valence-electron chi connectivity index (χ1n) is 9.92. The molecule has 1 aliphatic rings. The molecule has 1 fully saturated rings. The Morgan fingerprint density at radius 3 is 2.75 bits per heavy atom. The number of aromatic nitrogens is 1. The molecular weight excluding hydrogens is 368 g/mol. The van der Waals surface area contributed by atoms with E-state index in [9.17, 15) is 0 Å². The molecule has 2 aromatic rings. The third-order valence-corrected chi connectivity index (χ3v) is 6.22. The van der Waals surface area contributed by atoms with E-state index in [1.807, 2.05) is 26.0 Å². The van der Waals surface area contributed by atoms with Crippen molar-refractivity contribution >= 4 is 22.4 Å². The summed E-state index contributed by atoms with van der Waals surface area (Å²) in [6.07, 6.45) is 2.24. The van der Waals surface area contributed by atoms with Crippen LogP contribution in [0.1, 0.15) is 31.0 Å². The van der Waals surface area contributed by atoms with Crippen LogP contribution in [0, 0.1) is 0 Å². The molecule has 1 aliphatic heterocycles. The Hall–Kier alpha value is -2.12. The molecule has 6 nitrogen and oxygen atoms in total. The van der Waals surface area contributed by atoms with Gasteiger partial charge in [0.2, 0.25) is 0 Å². The van der Waals surface area contributed by atoms with E-state index in [-0.39, 0.29) is 0 Å². The van der Waals surface area contributed by atoms with Gasteiger partial charge in [-0.1, -0.05) is 30.3 Å². The molecule has 0 amide bonds. The Morgan fingerprint density at radius 2 is 2.11 bits per heavy atom. The summed E-state index contributed by atoms with van der Waals surface area (Å²) < 4.78 is 0. The largest absolute Gasteiger partial charge is 0.354 e. The van der Waals surface area contributed by atoms with E-state index in [2.05, 4.69) is 68.1 Å². The molecule has 0 bridgehead atoms. The molecule has 2 atom stereocenters. The number of anilines is 1. The Morgan fingerprint density at radius 1 is 1.32 bits per heavy atom. The van der Waals surface area contributed by atoms with Crippen molar-refractivity contribution in [2.75, 3.05) is 32.6 Å². The minimum atomic E-state index is 0.445. The van der Waals surface area contributed by atoms with Crippen LogP contribution in [0.5, 0.6) is 0 Å². The second-order valence-corrected chi connectivity index (χ2v) is 8.45. The highest BCUT2D eigenvalue weighted by molar-refractivity contribution is 7.13.